The molecule has 3 aromatic carbocycles. The molecule has 5 rings (SSSR count). The molecule has 0 aliphatic carbocycles. The van der Waals surface area contributed by atoms with E-state index in [9.17, 15) is 4.79 Å². The lowest BCUT2D eigenvalue weighted by Crippen LogP contribution is -2.47. The third-order valence-electron chi connectivity index (χ3n) is 4.85. The van der Waals surface area contributed by atoms with Crippen LogP contribution in [-0.2, 0) is 0 Å². The smallest absolute Gasteiger partial charge is 0.255 e. The average Bonchev–Trinajstić information content (AvgIpc) is 2.68. The summed E-state index contributed by atoms with van der Waals surface area (Å²) in [6, 6.07) is 26.3. The lowest BCUT2D eigenvalue weighted by Gasteiger charge is -2.43. The molecule has 0 unspecified atom stereocenters. The van der Waals surface area contributed by atoms with Crippen LogP contribution in [0.25, 0.3) is 11.8 Å². The van der Waals surface area contributed by atoms with Crippen LogP contribution in [0.15, 0.2) is 78.9 Å². The summed E-state index contributed by atoms with van der Waals surface area (Å²) in [7, 11) is 0. The van der Waals surface area contributed by atoms with Gasteiger partial charge in [0.05, 0.1) is 16.9 Å². The van der Waals surface area contributed by atoms with E-state index >= 15 is 0 Å². The van der Waals surface area contributed by atoms with Gasteiger partial charge in [-0.15, -0.1) is 0 Å². The van der Waals surface area contributed by atoms with E-state index in [-0.39, 0.29) is 12.1 Å². The van der Waals surface area contributed by atoms with Gasteiger partial charge in [-0.2, -0.15) is 0 Å². The Labute approximate surface area is 146 Å². The second-order valence-corrected chi connectivity index (χ2v) is 6.29. The Kier molecular flexibility index (Phi) is 3.01. The number of fused-ring (bicyclic) bond motifs is 5. The van der Waals surface area contributed by atoms with Crippen molar-refractivity contribution in [2.75, 3.05) is 4.90 Å². The van der Waals surface area contributed by atoms with Crippen LogP contribution < -0.4 is 10.2 Å². The highest BCUT2D eigenvalue weighted by molar-refractivity contribution is 6.07. The van der Waals surface area contributed by atoms with Gasteiger partial charge < -0.3 is 10.2 Å². The molecule has 0 aromatic heterocycles. The molecule has 0 fully saturated rings. The molecule has 0 bridgehead atoms. The number of carbonyl (C=O) groups excluding carboxylic acids is 1. The zero-order valence-electron chi connectivity index (χ0n) is 13.5. The lowest BCUT2D eigenvalue weighted by molar-refractivity contribution is 0.0930. The van der Waals surface area contributed by atoms with Crippen molar-refractivity contribution in [1.82, 2.24) is 5.32 Å². The fourth-order valence-electron chi connectivity index (χ4n) is 3.71. The second-order valence-electron chi connectivity index (χ2n) is 6.29. The summed E-state index contributed by atoms with van der Waals surface area (Å²) in [6.07, 6.45) is 2.01. The highest BCUT2D eigenvalue weighted by atomic mass is 16.2. The first kappa shape index (κ1) is 14.1. The van der Waals surface area contributed by atoms with Gasteiger partial charge in [-0.1, -0.05) is 66.7 Å². The molecule has 0 radical (unpaired) electrons. The molecule has 3 heteroatoms. The van der Waals surface area contributed by atoms with Crippen LogP contribution in [0.3, 0.4) is 0 Å². The van der Waals surface area contributed by atoms with Crippen molar-refractivity contribution < 1.29 is 4.79 Å². The maximum absolute atomic E-state index is 12.6. The van der Waals surface area contributed by atoms with Crippen LogP contribution in [-0.4, -0.2) is 5.91 Å². The Bertz CT molecular complexity index is 1010. The van der Waals surface area contributed by atoms with Gasteiger partial charge in [0.25, 0.3) is 5.91 Å². The van der Waals surface area contributed by atoms with E-state index in [0.717, 1.165) is 28.1 Å². The second kappa shape index (κ2) is 5.35. The third kappa shape index (κ3) is 2.09. The number of rotatable bonds is 1. The summed E-state index contributed by atoms with van der Waals surface area (Å²) in [5.41, 5.74) is 6.14. The van der Waals surface area contributed by atoms with Crippen LogP contribution in [0.4, 0.5) is 5.69 Å². The van der Waals surface area contributed by atoms with Crippen LogP contribution in [0.5, 0.6) is 0 Å². The first-order valence-electron chi connectivity index (χ1n) is 8.38. The minimum Gasteiger partial charge on any atom is -0.327 e. The number of carbonyl (C=O) groups is 1. The van der Waals surface area contributed by atoms with E-state index in [1.54, 1.807) is 0 Å². The van der Waals surface area contributed by atoms with Crippen LogP contribution in [0.1, 0.15) is 33.2 Å². The number of nitrogens with one attached hydrogen (secondary N) is 1. The number of anilines is 1. The first-order chi connectivity index (χ1) is 12.3. The maximum atomic E-state index is 12.6. The fourth-order valence-corrected chi connectivity index (χ4v) is 3.71. The van der Waals surface area contributed by atoms with Crippen LogP contribution >= 0.6 is 0 Å². The van der Waals surface area contributed by atoms with Gasteiger partial charge in [-0.3, -0.25) is 4.79 Å². The van der Waals surface area contributed by atoms with E-state index in [1.165, 1.54) is 0 Å². The van der Waals surface area contributed by atoms with E-state index < -0.39 is 0 Å². The minimum absolute atomic E-state index is 0.0269. The molecule has 2 aliphatic heterocycles. The van der Waals surface area contributed by atoms with Gasteiger partial charge in [0.1, 0.15) is 6.17 Å². The van der Waals surface area contributed by atoms with E-state index in [4.69, 9.17) is 0 Å². The first-order valence-corrected chi connectivity index (χ1v) is 8.38. The SMILES string of the molecule is O=C1N[C@@H]2c3ccccc3C=C(c3ccccc3)N2c2ccccc21. The van der Waals surface area contributed by atoms with Gasteiger partial charge >= 0.3 is 0 Å². The molecule has 1 amide bonds. The van der Waals surface area contributed by atoms with Gasteiger partial charge in [0.15, 0.2) is 0 Å². The minimum atomic E-state index is -0.196. The van der Waals surface area contributed by atoms with Gasteiger partial charge in [-0.05, 0) is 29.3 Å². The Morgan fingerprint density at radius 2 is 1.52 bits per heavy atom. The zero-order valence-corrected chi connectivity index (χ0v) is 13.5. The molecule has 1 N–H and O–H groups in total. The Morgan fingerprint density at radius 1 is 0.800 bits per heavy atom. The normalized spacial score (nSPS) is 17.8. The maximum Gasteiger partial charge on any atom is 0.255 e. The van der Waals surface area contributed by atoms with Crippen LogP contribution in [0.2, 0.25) is 0 Å². The predicted octanol–water partition coefficient (Wildman–Crippen LogP) is 4.45. The largest absolute Gasteiger partial charge is 0.327 e. The molecule has 0 spiro atoms. The molecule has 120 valence electrons. The van der Waals surface area contributed by atoms with Crippen molar-refractivity contribution >= 4 is 23.4 Å². The summed E-state index contributed by atoms with van der Waals surface area (Å²) in [5.74, 6) is -0.0269. The molecule has 0 saturated carbocycles. The molecule has 2 aliphatic rings. The third-order valence-corrected chi connectivity index (χ3v) is 4.85. The topological polar surface area (TPSA) is 32.3 Å². The number of hydrogen-bond donors (Lipinski definition) is 1. The molecular weight excluding hydrogens is 308 g/mol. The average molecular weight is 324 g/mol. The summed E-state index contributed by atoms with van der Waals surface area (Å²) < 4.78 is 0. The molecular formula is C22H16N2O. The highest BCUT2D eigenvalue weighted by Gasteiger charge is 2.37. The van der Waals surface area contributed by atoms with Crippen molar-refractivity contribution in [1.29, 1.82) is 0 Å². The van der Waals surface area contributed by atoms with Crippen molar-refractivity contribution in [3.63, 3.8) is 0 Å². The molecule has 2 heterocycles. The van der Waals surface area contributed by atoms with Crippen LogP contribution in [0, 0.1) is 0 Å². The Morgan fingerprint density at radius 3 is 2.40 bits per heavy atom. The lowest BCUT2D eigenvalue weighted by atomic mass is 9.92. The number of hydrogen-bond acceptors (Lipinski definition) is 2. The molecule has 3 aromatic rings. The highest BCUT2D eigenvalue weighted by Crippen LogP contribution is 2.44. The Hall–Kier alpha value is -3.33. The molecule has 3 nitrogen and oxygen atoms in total. The fraction of sp³-hybridized carbons (Fsp3) is 0.0455. The van der Waals surface area contributed by atoms with E-state index in [2.05, 4.69) is 40.6 Å². The number of para-hydroxylation sites is 1. The van der Waals surface area contributed by atoms with E-state index in [0.29, 0.717) is 5.56 Å². The number of amides is 1. The molecule has 0 saturated heterocycles. The zero-order chi connectivity index (χ0) is 16.8. The van der Waals surface area contributed by atoms with Gasteiger partial charge in [-0.25, -0.2) is 0 Å². The van der Waals surface area contributed by atoms with Crippen molar-refractivity contribution in [3.05, 3.63) is 101 Å². The summed E-state index contributed by atoms with van der Waals surface area (Å²) in [4.78, 5) is 14.9. The predicted molar refractivity (Wildman–Crippen MR) is 99.9 cm³/mol. The Balaban J connectivity index is 1.80. The number of benzene rings is 3. The van der Waals surface area contributed by atoms with Crippen molar-refractivity contribution in [2.45, 2.75) is 6.17 Å². The quantitative estimate of drug-likeness (QED) is 0.717. The monoisotopic (exact) mass is 324 g/mol. The van der Waals surface area contributed by atoms with E-state index in [1.807, 2.05) is 54.6 Å². The molecule has 25 heavy (non-hydrogen) atoms. The van der Waals surface area contributed by atoms with Crippen molar-refractivity contribution in [2.24, 2.45) is 0 Å². The standard InChI is InChI=1S/C22H16N2O/c25-22-18-12-6-7-13-19(18)24-20(15-8-2-1-3-9-15)14-16-10-4-5-11-17(16)21(24)23-22/h1-14,21H,(H,23,25)/t21-/m0/s1. The van der Waals surface area contributed by atoms with Gasteiger partial charge in [0, 0.05) is 5.56 Å². The summed E-state index contributed by atoms with van der Waals surface area (Å²) in [6.45, 7) is 0. The summed E-state index contributed by atoms with van der Waals surface area (Å²) in [5, 5.41) is 3.18. The number of nitrogens with zero attached hydrogens (tertiary/aromatic N) is 1. The summed E-state index contributed by atoms with van der Waals surface area (Å²) >= 11 is 0. The molecule has 1 atom stereocenters. The van der Waals surface area contributed by atoms with Crippen molar-refractivity contribution in [3.8, 4) is 0 Å². The van der Waals surface area contributed by atoms with Gasteiger partial charge in [0.2, 0.25) is 0 Å².